The molecule has 0 aromatic heterocycles. The maximum atomic E-state index is 13.6. The van der Waals surface area contributed by atoms with E-state index >= 15 is 0 Å². The molecule has 1 heterocycles. The summed E-state index contributed by atoms with van der Waals surface area (Å²) in [6.45, 7) is 1.98. The quantitative estimate of drug-likeness (QED) is 0.566. The SMILES string of the molecule is O=C(O)CCc1cc(Cl)c(CNC2(C(=O)N3CCN(C4CC4)c4ccccc43)CC2)cc1Cl. The largest absolute Gasteiger partial charge is 0.481 e. The summed E-state index contributed by atoms with van der Waals surface area (Å²) < 4.78 is 0. The number of hydrogen-bond acceptors (Lipinski definition) is 4. The number of para-hydroxylation sites is 2. The number of fused-ring (bicyclic) bond motifs is 1. The minimum absolute atomic E-state index is 0.000737. The molecule has 2 saturated carbocycles. The van der Waals surface area contributed by atoms with Crippen LogP contribution in [0, 0.1) is 0 Å². The van der Waals surface area contributed by atoms with Gasteiger partial charge in [0.15, 0.2) is 0 Å². The molecular weight excluding hydrogens is 461 g/mol. The minimum atomic E-state index is -0.873. The van der Waals surface area contributed by atoms with E-state index in [9.17, 15) is 9.59 Å². The van der Waals surface area contributed by atoms with Crippen LogP contribution in [0.1, 0.15) is 43.2 Å². The number of aliphatic carboxylic acids is 1. The van der Waals surface area contributed by atoms with Gasteiger partial charge in [-0.05, 0) is 67.5 Å². The summed E-state index contributed by atoms with van der Waals surface area (Å²) in [5.41, 5.74) is 3.10. The topological polar surface area (TPSA) is 72.9 Å². The number of amides is 1. The molecule has 2 N–H and O–H groups in total. The number of nitrogens with zero attached hydrogens (tertiary/aromatic N) is 2. The van der Waals surface area contributed by atoms with Crippen LogP contribution in [0.15, 0.2) is 36.4 Å². The fourth-order valence-electron chi connectivity index (χ4n) is 4.67. The van der Waals surface area contributed by atoms with Gasteiger partial charge >= 0.3 is 5.97 Å². The molecule has 33 heavy (non-hydrogen) atoms. The van der Waals surface area contributed by atoms with Gasteiger partial charge in [0.2, 0.25) is 5.91 Å². The van der Waals surface area contributed by atoms with E-state index in [0.29, 0.717) is 35.6 Å². The van der Waals surface area contributed by atoms with E-state index in [1.165, 1.54) is 12.8 Å². The van der Waals surface area contributed by atoms with Crippen molar-refractivity contribution in [3.05, 3.63) is 57.6 Å². The molecule has 1 amide bonds. The molecule has 2 aliphatic carbocycles. The second-order valence-corrected chi connectivity index (χ2v) is 10.0. The highest BCUT2D eigenvalue weighted by atomic mass is 35.5. The normalized spacial score (nSPS) is 18.7. The summed E-state index contributed by atoms with van der Waals surface area (Å²) in [5, 5.41) is 13.4. The first-order valence-corrected chi connectivity index (χ1v) is 12.2. The van der Waals surface area contributed by atoms with Gasteiger partial charge in [-0.15, -0.1) is 0 Å². The van der Waals surface area contributed by atoms with Gasteiger partial charge in [-0.25, -0.2) is 0 Å². The molecule has 174 valence electrons. The Morgan fingerprint density at radius 2 is 1.70 bits per heavy atom. The second-order valence-electron chi connectivity index (χ2n) is 9.23. The molecule has 6 nitrogen and oxygen atoms in total. The minimum Gasteiger partial charge on any atom is -0.481 e. The summed E-state index contributed by atoms with van der Waals surface area (Å²) in [6.07, 6.45) is 4.37. The van der Waals surface area contributed by atoms with E-state index in [1.807, 2.05) is 23.1 Å². The number of nitrogens with one attached hydrogen (secondary N) is 1. The van der Waals surface area contributed by atoms with E-state index in [-0.39, 0.29) is 12.3 Å². The lowest BCUT2D eigenvalue weighted by atomic mass is 10.1. The number of rotatable bonds is 8. The third-order valence-corrected chi connectivity index (χ3v) is 7.58. The van der Waals surface area contributed by atoms with Crippen molar-refractivity contribution >= 4 is 46.5 Å². The van der Waals surface area contributed by atoms with Gasteiger partial charge in [-0.1, -0.05) is 35.3 Å². The van der Waals surface area contributed by atoms with E-state index in [0.717, 1.165) is 41.9 Å². The first kappa shape index (κ1) is 22.5. The smallest absolute Gasteiger partial charge is 0.303 e. The van der Waals surface area contributed by atoms with Crippen LogP contribution < -0.4 is 15.1 Å². The second kappa shape index (κ2) is 8.82. The molecular formula is C25H27Cl2N3O3. The Balaban J connectivity index is 1.29. The Hall–Kier alpha value is -2.28. The molecule has 0 spiro atoms. The van der Waals surface area contributed by atoms with Gasteiger partial charge in [-0.2, -0.15) is 0 Å². The van der Waals surface area contributed by atoms with Crippen LogP contribution in [-0.2, 0) is 22.6 Å². The average molecular weight is 488 g/mol. The number of aryl methyl sites for hydroxylation is 1. The van der Waals surface area contributed by atoms with E-state index in [4.69, 9.17) is 28.3 Å². The number of carbonyl (C=O) groups is 2. The third kappa shape index (κ3) is 4.57. The van der Waals surface area contributed by atoms with Crippen LogP contribution in [0.5, 0.6) is 0 Å². The van der Waals surface area contributed by atoms with Crippen molar-refractivity contribution in [3.63, 3.8) is 0 Å². The monoisotopic (exact) mass is 487 g/mol. The predicted octanol–water partition coefficient (Wildman–Crippen LogP) is 4.65. The Kier molecular flexibility index (Phi) is 6.02. The number of carboxylic acid groups (broad SMARTS) is 1. The van der Waals surface area contributed by atoms with Crippen molar-refractivity contribution in [3.8, 4) is 0 Å². The van der Waals surface area contributed by atoms with E-state index < -0.39 is 11.5 Å². The van der Waals surface area contributed by atoms with Gasteiger partial charge in [0.25, 0.3) is 0 Å². The van der Waals surface area contributed by atoms with Gasteiger partial charge in [0.1, 0.15) is 0 Å². The van der Waals surface area contributed by atoms with Crippen molar-refractivity contribution in [1.82, 2.24) is 5.32 Å². The zero-order valence-corrected chi connectivity index (χ0v) is 19.8. The summed E-state index contributed by atoms with van der Waals surface area (Å²) in [6, 6.07) is 12.3. The zero-order valence-electron chi connectivity index (χ0n) is 18.3. The van der Waals surface area contributed by atoms with Crippen LogP contribution >= 0.6 is 23.2 Å². The van der Waals surface area contributed by atoms with Crippen LogP contribution in [0.3, 0.4) is 0 Å². The zero-order chi connectivity index (χ0) is 23.2. The Bertz CT molecular complexity index is 1100. The maximum absolute atomic E-state index is 13.6. The lowest BCUT2D eigenvalue weighted by molar-refractivity contribution is -0.137. The fraction of sp³-hybridized carbons (Fsp3) is 0.440. The van der Waals surface area contributed by atoms with Gasteiger partial charge in [-0.3, -0.25) is 14.9 Å². The first-order chi connectivity index (χ1) is 15.9. The molecule has 0 bridgehead atoms. The van der Waals surface area contributed by atoms with Crippen LogP contribution in [-0.4, -0.2) is 41.7 Å². The van der Waals surface area contributed by atoms with E-state index in [2.05, 4.69) is 16.3 Å². The van der Waals surface area contributed by atoms with Crippen molar-refractivity contribution in [2.45, 2.75) is 56.7 Å². The lowest BCUT2D eigenvalue weighted by Gasteiger charge is -2.39. The number of halogens is 2. The molecule has 5 rings (SSSR count). The Morgan fingerprint density at radius 3 is 2.36 bits per heavy atom. The van der Waals surface area contributed by atoms with Crippen LogP contribution in [0.4, 0.5) is 11.4 Å². The highest BCUT2D eigenvalue weighted by Gasteiger charge is 2.52. The van der Waals surface area contributed by atoms with Crippen molar-refractivity contribution in [1.29, 1.82) is 0 Å². The highest BCUT2D eigenvalue weighted by molar-refractivity contribution is 6.34. The van der Waals surface area contributed by atoms with Crippen molar-refractivity contribution < 1.29 is 14.7 Å². The summed E-state index contributed by atoms with van der Waals surface area (Å²) >= 11 is 12.8. The molecule has 2 aromatic carbocycles. The molecule has 0 radical (unpaired) electrons. The van der Waals surface area contributed by atoms with E-state index in [1.54, 1.807) is 12.1 Å². The summed E-state index contributed by atoms with van der Waals surface area (Å²) in [7, 11) is 0. The van der Waals surface area contributed by atoms with Crippen molar-refractivity contribution in [2.24, 2.45) is 0 Å². The first-order valence-electron chi connectivity index (χ1n) is 11.5. The molecule has 8 heteroatoms. The third-order valence-electron chi connectivity index (χ3n) is 6.88. The molecule has 0 saturated heterocycles. The Morgan fingerprint density at radius 1 is 1.03 bits per heavy atom. The van der Waals surface area contributed by atoms with Gasteiger partial charge in [0, 0.05) is 42.1 Å². The standard InChI is InChI=1S/C25H27Cl2N3O3/c26-19-14-17(20(27)13-16(19)5-8-23(31)32)15-28-25(9-10-25)24(33)30-12-11-29(18-6-7-18)21-3-1-2-4-22(21)30/h1-4,13-14,18,28H,5-12,15H2,(H,31,32). The molecule has 1 aliphatic heterocycles. The lowest BCUT2D eigenvalue weighted by Crippen LogP contribution is -2.53. The van der Waals surface area contributed by atoms with Gasteiger partial charge < -0.3 is 14.9 Å². The number of carboxylic acids is 1. The number of benzene rings is 2. The summed E-state index contributed by atoms with van der Waals surface area (Å²) in [4.78, 5) is 28.9. The van der Waals surface area contributed by atoms with Crippen LogP contribution in [0.2, 0.25) is 10.0 Å². The fourth-order valence-corrected chi connectivity index (χ4v) is 5.21. The van der Waals surface area contributed by atoms with Crippen LogP contribution in [0.25, 0.3) is 0 Å². The Labute approximate surface area is 203 Å². The average Bonchev–Trinajstić information content (AvgIpc) is 3.72. The molecule has 0 atom stereocenters. The molecule has 2 aromatic rings. The highest BCUT2D eigenvalue weighted by Crippen LogP contribution is 2.44. The summed E-state index contributed by atoms with van der Waals surface area (Å²) in [5.74, 6) is -0.757. The van der Waals surface area contributed by atoms with Gasteiger partial charge in [0.05, 0.1) is 16.9 Å². The maximum Gasteiger partial charge on any atom is 0.303 e. The predicted molar refractivity (Wildman–Crippen MR) is 130 cm³/mol. The molecule has 2 fully saturated rings. The number of carbonyl (C=O) groups excluding carboxylic acids is 1. The van der Waals surface area contributed by atoms with Crippen molar-refractivity contribution in [2.75, 3.05) is 22.9 Å². The molecule has 3 aliphatic rings. The number of anilines is 2. The molecule has 0 unspecified atom stereocenters. The number of hydrogen-bond donors (Lipinski definition) is 2.